The molecule has 0 saturated carbocycles. The Morgan fingerprint density at radius 1 is 1.38 bits per heavy atom. The van der Waals surface area contributed by atoms with Gasteiger partial charge in [-0.3, -0.25) is 0 Å². The Labute approximate surface area is 127 Å². The van der Waals surface area contributed by atoms with Crippen LogP contribution < -0.4 is 5.73 Å². The molecule has 1 aliphatic heterocycles. The molecule has 1 unspecified atom stereocenters. The third-order valence-electron chi connectivity index (χ3n) is 3.56. The van der Waals surface area contributed by atoms with Crippen molar-refractivity contribution in [2.75, 3.05) is 11.5 Å². The van der Waals surface area contributed by atoms with Crippen LogP contribution in [0.3, 0.4) is 0 Å². The smallest absolute Gasteiger partial charge is 0.248 e. The first kappa shape index (κ1) is 14.5. The van der Waals surface area contributed by atoms with E-state index in [0.29, 0.717) is 22.8 Å². The molecule has 1 aliphatic rings. The maximum absolute atomic E-state index is 11.5. The molecule has 1 fully saturated rings. The van der Waals surface area contributed by atoms with E-state index in [4.69, 9.17) is 21.9 Å². The SMILES string of the molecule is N[C@@H](c1nc(C2CCS(=O)(=O)C2)no1)c1ccccc1Cl. The van der Waals surface area contributed by atoms with Crippen LogP contribution in [0.15, 0.2) is 28.8 Å². The molecule has 2 aromatic rings. The van der Waals surface area contributed by atoms with Crippen LogP contribution in [0.2, 0.25) is 5.02 Å². The molecule has 3 rings (SSSR count). The molecule has 0 bridgehead atoms. The lowest BCUT2D eigenvalue weighted by atomic mass is 10.1. The molecule has 1 saturated heterocycles. The van der Waals surface area contributed by atoms with Crippen LogP contribution in [-0.2, 0) is 9.84 Å². The average molecular weight is 328 g/mol. The zero-order valence-electron chi connectivity index (χ0n) is 11.1. The van der Waals surface area contributed by atoms with Gasteiger partial charge in [-0.15, -0.1) is 0 Å². The quantitative estimate of drug-likeness (QED) is 0.920. The highest BCUT2D eigenvalue weighted by atomic mass is 35.5. The zero-order chi connectivity index (χ0) is 15.0. The minimum atomic E-state index is -2.99. The van der Waals surface area contributed by atoms with Gasteiger partial charge in [-0.2, -0.15) is 4.98 Å². The second-order valence-corrected chi connectivity index (χ2v) is 7.73. The molecule has 0 amide bonds. The van der Waals surface area contributed by atoms with Gasteiger partial charge in [0.2, 0.25) is 5.89 Å². The average Bonchev–Trinajstić information content (AvgIpc) is 3.05. The summed E-state index contributed by atoms with van der Waals surface area (Å²) in [5.74, 6) is 0.646. The summed E-state index contributed by atoms with van der Waals surface area (Å²) in [5.41, 5.74) is 6.77. The van der Waals surface area contributed by atoms with Crippen molar-refractivity contribution in [2.45, 2.75) is 18.4 Å². The third-order valence-corrected chi connectivity index (χ3v) is 5.67. The van der Waals surface area contributed by atoms with Crippen molar-refractivity contribution in [3.8, 4) is 0 Å². The summed E-state index contributed by atoms with van der Waals surface area (Å²) >= 11 is 6.09. The summed E-state index contributed by atoms with van der Waals surface area (Å²) in [5, 5.41) is 4.39. The molecular formula is C13H14ClN3O3S. The van der Waals surface area contributed by atoms with Crippen molar-refractivity contribution < 1.29 is 12.9 Å². The Balaban J connectivity index is 1.84. The van der Waals surface area contributed by atoms with Crippen molar-refractivity contribution in [3.05, 3.63) is 46.6 Å². The predicted molar refractivity (Wildman–Crippen MR) is 77.8 cm³/mol. The number of rotatable bonds is 3. The van der Waals surface area contributed by atoms with Gasteiger partial charge >= 0.3 is 0 Å². The highest BCUT2D eigenvalue weighted by Crippen LogP contribution is 2.29. The van der Waals surface area contributed by atoms with Gasteiger partial charge in [-0.1, -0.05) is 35.0 Å². The fourth-order valence-corrected chi connectivity index (χ4v) is 4.39. The van der Waals surface area contributed by atoms with Gasteiger partial charge < -0.3 is 10.3 Å². The van der Waals surface area contributed by atoms with Gasteiger partial charge in [0.25, 0.3) is 0 Å². The van der Waals surface area contributed by atoms with Gasteiger partial charge in [-0.25, -0.2) is 8.42 Å². The van der Waals surface area contributed by atoms with Crippen LogP contribution >= 0.6 is 11.6 Å². The lowest BCUT2D eigenvalue weighted by molar-refractivity contribution is 0.360. The molecule has 2 N–H and O–H groups in total. The summed E-state index contributed by atoms with van der Waals surface area (Å²) in [6.07, 6.45) is 0.517. The Kier molecular flexibility index (Phi) is 3.73. The number of hydrogen-bond acceptors (Lipinski definition) is 6. The summed E-state index contributed by atoms with van der Waals surface area (Å²) in [6.45, 7) is 0. The maximum atomic E-state index is 11.5. The molecule has 2 atom stereocenters. The largest absolute Gasteiger partial charge is 0.337 e. The van der Waals surface area contributed by atoms with E-state index in [1.54, 1.807) is 18.2 Å². The number of hydrogen-bond donors (Lipinski definition) is 1. The first-order chi connectivity index (χ1) is 9.96. The van der Waals surface area contributed by atoms with E-state index in [0.717, 1.165) is 0 Å². The first-order valence-electron chi connectivity index (χ1n) is 6.50. The van der Waals surface area contributed by atoms with E-state index in [1.807, 2.05) is 6.07 Å². The number of benzene rings is 1. The zero-order valence-corrected chi connectivity index (χ0v) is 12.6. The summed E-state index contributed by atoms with van der Waals surface area (Å²) in [4.78, 5) is 4.25. The summed E-state index contributed by atoms with van der Waals surface area (Å²) < 4.78 is 28.2. The lowest BCUT2D eigenvalue weighted by Crippen LogP contribution is -2.13. The van der Waals surface area contributed by atoms with Crippen molar-refractivity contribution in [1.29, 1.82) is 0 Å². The van der Waals surface area contributed by atoms with E-state index in [2.05, 4.69) is 10.1 Å². The minimum absolute atomic E-state index is 0.0628. The topological polar surface area (TPSA) is 99.1 Å². The van der Waals surface area contributed by atoms with Gasteiger partial charge in [0, 0.05) is 10.9 Å². The van der Waals surface area contributed by atoms with Crippen molar-refractivity contribution >= 4 is 21.4 Å². The van der Waals surface area contributed by atoms with Gasteiger partial charge in [-0.05, 0) is 18.1 Å². The fraction of sp³-hybridized carbons (Fsp3) is 0.385. The highest BCUT2D eigenvalue weighted by molar-refractivity contribution is 7.91. The predicted octanol–water partition coefficient (Wildman–Crippen LogP) is 1.67. The summed E-state index contributed by atoms with van der Waals surface area (Å²) in [6, 6.07) is 6.52. The molecule has 1 aromatic carbocycles. The first-order valence-corrected chi connectivity index (χ1v) is 8.70. The Hall–Kier alpha value is -1.44. The number of nitrogens with two attached hydrogens (primary N) is 1. The Morgan fingerprint density at radius 2 is 2.14 bits per heavy atom. The Bertz CT molecular complexity index is 760. The molecule has 1 aromatic heterocycles. The standard InChI is InChI=1S/C13H14ClN3O3S/c14-10-4-2-1-3-9(10)11(15)13-16-12(17-20-13)8-5-6-21(18,19)7-8/h1-4,8,11H,5-7,15H2/t8?,11-/m1/s1. The second kappa shape index (κ2) is 5.40. The number of nitrogens with zero attached hydrogens (tertiary/aromatic N) is 2. The van der Waals surface area contributed by atoms with Crippen molar-refractivity contribution in [1.82, 2.24) is 10.1 Å². The van der Waals surface area contributed by atoms with E-state index in [-0.39, 0.29) is 23.3 Å². The van der Waals surface area contributed by atoms with Crippen molar-refractivity contribution in [2.24, 2.45) is 5.73 Å². The minimum Gasteiger partial charge on any atom is -0.337 e. The van der Waals surface area contributed by atoms with Gasteiger partial charge in [0.15, 0.2) is 15.7 Å². The fourth-order valence-electron chi connectivity index (χ4n) is 2.40. The molecular weight excluding hydrogens is 314 g/mol. The highest BCUT2D eigenvalue weighted by Gasteiger charge is 2.33. The molecule has 0 aliphatic carbocycles. The van der Waals surface area contributed by atoms with Crippen LogP contribution in [0.5, 0.6) is 0 Å². The van der Waals surface area contributed by atoms with E-state index in [1.165, 1.54) is 0 Å². The van der Waals surface area contributed by atoms with Gasteiger partial charge in [0.05, 0.1) is 11.5 Å². The molecule has 8 heteroatoms. The van der Waals surface area contributed by atoms with E-state index < -0.39 is 15.9 Å². The van der Waals surface area contributed by atoms with Crippen LogP contribution in [0.4, 0.5) is 0 Å². The molecule has 0 spiro atoms. The monoisotopic (exact) mass is 327 g/mol. The second-order valence-electron chi connectivity index (χ2n) is 5.09. The van der Waals surface area contributed by atoms with Crippen LogP contribution in [0, 0.1) is 0 Å². The molecule has 6 nitrogen and oxygen atoms in total. The van der Waals surface area contributed by atoms with Crippen molar-refractivity contribution in [3.63, 3.8) is 0 Å². The maximum Gasteiger partial charge on any atom is 0.248 e. The number of halogens is 1. The van der Waals surface area contributed by atoms with E-state index >= 15 is 0 Å². The van der Waals surface area contributed by atoms with E-state index in [9.17, 15) is 8.42 Å². The van der Waals surface area contributed by atoms with Crippen LogP contribution in [0.25, 0.3) is 0 Å². The van der Waals surface area contributed by atoms with Gasteiger partial charge in [0.1, 0.15) is 6.04 Å². The molecule has 0 radical (unpaired) electrons. The number of sulfone groups is 1. The molecule has 21 heavy (non-hydrogen) atoms. The molecule has 112 valence electrons. The normalized spacial score (nSPS) is 22.3. The third kappa shape index (κ3) is 2.95. The Morgan fingerprint density at radius 3 is 2.81 bits per heavy atom. The number of aromatic nitrogens is 2. The lowest BCUT2D eigenvalue weighted by Gasteiger charge is -2.08. The molecule has 2 heterocycles. The van der Waals surface area contributed by atoms with Crippen LogP contribution in [0.1, 0.15) is 35.7 Å². The summed E-state index contributed by atoms with van der Waals surface area (Å²) in [7, 11) is -2.99. The van der Waals surface area contributed by atoms with Crippen LogP contribution in [-0.4, -0.2) is 30.1 Å².